The Bertz CT molecular complexity index is 568. The van der Waals surface area contributed by atoms with E-state index in [0.717, 1.165) is 39.1 Å². The summed E-state index contributed by atoms with van der Waals surface area (Å²) in [6, 6.07) is 2.62. The number of hydrogen-bond acceptors (Lipinski definition) is 5. The second kappa shape index (κ2) is 7.37. The van der Waals surface area contributed by atoms with Gasteiger partial charge in [0.15, 0.2) is 0 Å². The third kappa shape index (κ3) is 3.95. The van der Waals surface area contributed by atoms with Crippen LogP contribution in [0.4, 0.5) is 0 Å². The number of aromatic nitrogens is 2. The molecular weight excluding hydrogens is 296 g/mol. The van der Waals surface area contributed by atoms with Crippen molar-refractivity contribution in [2.45, 2.75) is 25.6 Å². The van der Waals surface area contributed by atoms with Crippen molar-refractivity contribution in [1.29, 1.82) is 0 Å². The number of aryl methyl sites for hydroxylation is 1. The zero-order valence-electron chi connectivity index (χ0n) is 13.1. The number of rotatable bonds is 6. The van der Waals surface area contributed by atoms with Gasteiger partial charge in [-0.1, -0.05) is 0 Å². The van der Waals surface area contributed by atoms with E-state index in [4.69, 9.17) is 0 Å². The maximum absolute atomic E-state index is 9.39. The molecule has 5 nitrogen and oxygen atoms in total. The van der Waals surface area contributed by atoms with Crippen LogP contribution in [-0.4, -0.2) is 57.0 Å². The molecule has 0 spiro atoms. The minimum absolute atomic E-state index is 0.255. The van der Waals surface area contributed by atoms with E-state index >= 15 is 0 Å². The molecule has 120 valence electrons. The Kier molecular flexibility index (Phi) is 5.25. The third-order valence-corrected chi connectivity index (χ3v) is 5.01. The summed E-state index contributed by atoms with van der Waals surface area (Å²) >= 11 is 1.75. The maximum atomic E-state index is 9.39. The van der Waals surface area contributed by atoms with Crippen molar-refractivity contribution in [3.8, 4) is 0 Å². The van der Waals surface area contributed by atoms with Gasteiger partial charge in [-0.05, 0) is 28.8 Å². The van der Waals surface area contributed by atoms with E-state index in [0.29, 0.717) is 6.04 Å². The molecule has 0 radical (unpaired) electrons. The predicted molar refractivity (Wildman–Crippen MR) is 88.7 cm³/mol. The van der Waals surface area contributed by atoms with E-state index < -0.39 is 0 Å². The van der Waals surface area contributed by atoms with Crippen LogP contribution in [0.2, 0.25) is 0 Å². The average molecular weight is 320 g/mol. The quantitative estimate of drug-likeness (QED) is 0.877. The van der Waals surface area contributed by atoms with Crippen LogP contribution in [0, 0.1) is 0 Å². The van der Waals surface area contributed by atoms with Crippen LogP contribution >= 0.6 is 11.3 Å². The van der Waals surface area contributed by atoms with Gasteiger partial charge < -0.3 is 5.11 Å². The molecule has 0 unspecified atom stereocenters. The van der Waals surface area contributed by atoms with E-state index in [2.05, 4.69) is 37.9 Å². The van der Waals surface area contributed by atoms with Crippen molar-refractivity contribution < 1.29 is 5.11 Å². The molecule has 1 saturated heterocycles. The molecule has 3 rings (SSSR count). The van der Waals surface area contributed by atoms with E-state index in [1.54, 1.807) is 11.3 Å². The second-order valence-corrected chi connectivity index (χ2v) is 6.81. The van der Waals surface area contributed by atoms with Gasteiger partial charge >= 0.3 is 0 Å². The van der Waals surface area contributed by atoms with E-state index in [1.807, 2.05) is 17.9 Å². The summed E-state index contributed by atoms with van der Waals surface area (Å²) < 4.78 is 1.85. The molecule has 6 heteroatoms. The number of hydrogen-bond donors (Lipinski definition) is 1. The maximum Gasteiger partial charge on any atom is 0.0534 e. The van der Waals surface area contributed by atoms with Crippen molar-refractivity contribution in [3.05, 3.63) is 40.3 Å². The molecule has 3 heterocycles. The smallest absolute Gasteiger partial charge is 0.0534 e. The first kappa shape index (κ1) is 15.7. The van der Waals surface area contributed by atoms with Crippen LogP contribution in [0.25, 0.3) is 0 Å². The second-order valence-electron chi connectivity index (χ2n) is 6.03. The van der Waals surface area contributed by atoms with Gasteiger partial charge in [0.2, 0.25) is 0 Å². The molecule has 0 aliphatic carbocycles. The molecule has 1 aliphatic heterocycles. The van der Waals surface area contributed by atoms with Crippen LogP contribution in [0.1, 0.15) is 17.5 Å². The van der Waals surface area contributed by atoms with Crippen molar-refractivity contribution in [2.75, 3.05) is 26.2 Å². The number of piperazine rings is 1. The van der Waals surface area contributed by atoms with Crippen molar-refractivity contribution in [2.24, 2.45) is 7.05 Å². The zero-order valence-corrected chi connectivity index (χ0v) is 13.9. The Morgan fingerprint density at radius 1 is 1.32 bits per heavy atom. The molecule has 2 aromatic rings. The first-order valence-electron chi connectivity index (χ1n) is 7.80. The summed E-state index contributed by atoms with van der Waals surface area (Å²) in [5, 5.41) is 18.0. The van der Waals surface area contributed by atoms with Crippen LogP contribution in [0.3, 0.4) is 0 Å². The molecule has 0 amide bonds. The number of aliphatic hydroxyl groups is 1. The molecule has 1 N–H and O–H groups in total. The first-order chi connectivity index (χ1) is 10.7. The van der Waals surface area contributed by atoms with Gasteiger partial charge in [-0.25, -0.2) is 0 Å². The normalized spacial score (nSPS) is 20.5. The Hall–Kier alpha value is -1.21. The van der Waals surface area contributed by atoms with E-state index in [9.17, 15) is 5.11 Å². The van der Waals surface area contributed by atoms with Crippen molar-refractivity contribution in [1.82, 2.24) is 19.6 Å². The summed E-state index contributed by atoms with van der Waals surface area (Å²) in [4.78, 5) is 4.99. The fourth-order valence-corrected chi connectivity index (χ4v) is 3.82. The highest BCUT2D eigenvalue weighted by atomic mass is 32.1. The molecule has 0 bridgehead atoms. The van der Waals surface area contributed by atoms with E-state index in [1.165, 1.54) is 11.1 Å². The average Bonchev–Trinajstić information content (AvgIpc) is 3.14. The molecular formula is C16H24N4OS. The summed E-state index contributed by atoms with van der Waals surface area (Å²) in [5.41, 5.74) is 2.64. The minimum atomic E-state index is 0.255. The van der Waals surface area contributed by atoms with Gasteiger partial charge in [-0.2, -0.15) is 16.4 Å². The summed E-state index contributed by atoms with van der Waals surface area (Å²) in [6.45, 7) is 5.34. The lowest BCUT2D eigenvalue weighted by Gasteiger charge is -2.41. The molecule has 1 aliphatic rings. The Balaban J connectivity index is 1.60. The summed E-state index contributed by atoms with van der Waals surface area (Å²) in [7, 11) is 1.96. The molecule has 1 atom stereocenters. The predicted octanol–water partition coefficient (Wildman–Crippen LogP) is 1.55. The topological polar surface area (TPSA) is 44.5 Å². The van der Waals surface area contributed by atoms with Gasteiger partial charge in [0.1, 0.15) is 0 Å². The highest BCUT2D eigenvalue weighted by Crippen LogP contribution is 2.19. The van der Waals surface area contributed by atoms with Gasteiger partial charge in [0.25, 0.3) is 0 Å². The number of nitrogens with zero attached hydrogens (tertiary/aromatic N) is 4. The Morgan fingerprint density at radius 3 is 2.91 bits per heavy atom. The van der Waals surface area contributed by atoms with Gasteiger partial charge in [0.05, 0.1) is 6.20 Å². The third-order valence-electron chi connectivity index (χ3n) is 4.28. The Morgan fingerprint density at radius 2 is 2.23 bits per heavy atom. The highest BCUT2D eigenvalue weighted by molar-refractivity contribution is 7.07. The van der Waals surface area contributed by atoms with Gasteiger partial charge in [0, 0.05) is 64.2 Å². The van der Waals surface area contributed by atoms with E-state index in [-0.39, 0.29) is 6.61 Å². The lowest BCUT2D eigenvalue weighted by Crippen LogP contribution is -2.52. The summed E-state index contributed by atoms with van der Waals surface area (Å²) in [6.07, 6.45) is 4.87. The fraction of sp³-hybridized carbons (Fsp3) is 0.562. The zero-order chi connectivity index (χ0) is 15.4. The SMILES string of the molecule is Cn1cc(CN2CCN(Cc3ccsc3)[C@@H](CCO)C2)cn1. The molecule has 2 aromatic heterocycles. The Labute approximate surface area is 135 Å². The number of thiophene rings is 1. The van der Waals surface area contributed by atoms with Gasteiger partial charge in [-0.3, -0.25) is 14.5 Å². The standard InChI is InChI=1S/C16H24N4OS/c1-18-9-15(8-17-18)10-19-4-5-20(16(12-19)2-6-21)11-14-3-7-22-13-14/h3,7-9,13,16,21H,2,4-6,10-12H2,1H3/t16-/m0/s1. The monoisotopic (exact) mass is 320 g/mol. The van der Waals surface area contributed by atoms with Crippen molar-refractivity contribution >= 4 is 11.3 Å². The lowest BCUT2D eigenvalue weighted by atomic mass is 10.1. The minimum Gasteiger partial charge on any atom is -0.396 e. The molecule has 22 heavy (non-hydrogen) atoms. The number of aliphatic hydroxyl groups excluding tert-OH is 1. The molecule has 1 fully saturated rings. The van der Waals surface area contributed by atoms with Gasteiger partial charge in [-0.15, -0.1) is 0 Å². The van der Waals surface area contributed by atoms with Crippen LogP contribution in [0.15, 0.2) is 29.2 Å². The first-order valence-corrected chi connectivity index (χ1v) is 8.75. The van der Waals surface area contributed by atoms with Crippen LogP contribution < -0.4 is 0 Å². The largest absolute Gasteiger partial charge is 0.396 e. The van der Waals surface area contributed by atoms with Crippen LogP contribution in [-0.2, 0) is 20.1 Å². The molecule has 0 saturated carbocycles. The highest BCUT2D eigenvalue weighted by Gasteiger charge is 2.26. The molecule has 0 aromatic carbocycles. The van der Waals surface area contributed by atoms with Crippen LogP contribution in [0.5, 0.6) is 0 Å². The fourth-order valence-electron chi connectivity index (χ4n) is 3.16. The summed E-state index contributed by atoms with van der Waals surface area (Å²) in [5.74, 6) is 0. The lowest BCUT2D eigenvalue weighted by molar-refractivity contribution is 0.0500. The van der Waals surface area contributed by atoms with Crippen molar-refractivity contribution in [3.63, 3.8) is 0 Å².